The van der Waals surface area contributed by atoms with Gasteiger partial charge in [-0.25, -0.2) is 0 Å². The molecule has 0 atom stereocenters. The van der Waals surface area contributed by atoms with E-state index in [2.05, 4.69) is 15.1 Å². The third-order valence-electron chi connectivity index (χ3n) is 5.48. The average Bonchev–Trinajstić information content (AvgIpc) is 2.45. The zero-order valence-corrected chi connectivity index (χ0v) is 12.6. The maximum atomic E-state index is 12.3. The maximum absolute atomic E-state index is 12.3. The van der Waals surface area contributed by atoms with Crippen LogP contribution in [-0.2, 0) is 4.79 Å². The van der Waals surface area contributed by atoms with E-state index in [9.17, 15) is 4.79 Å². The highest BCUT2D eigenvalue weighted by atomic mass is 16.2. The lowest BCUT2D eigenvalue weighted by Gasteiger charge is -2.43. The molecule has 0 aromatic carbocycles. The van der Waals surface area contributed by atoms with Gasteiger partial charge in [-0.1, -0.05) is 6.42 Å². The van der Waals surface area contributed by atoms with Crippen molar-refractivity contribution in [3.63, 3.8) is 0 Å². The quantitative estimate of drug-likeness (QED) is 0.846. The predicted octanol–water partition coefficient (Wildman–Crippen LogP) is 1.46. The first kappa shape index (κ1) is 14.3. The number of piperidine rings is 1. The average molecular weight is 279 g/mol. The molecule has 1 N–H and O–H groups in total. The Hall–Kier alpha value is -0.610. The number of rotatable bonds is 4. The predicted molar refractivity (Wildman–Crippen MR) is 80.6 cm³/mol. The highest BCUT2D eigenvalue weighted by molar-refractivity contribution is 5.76. The van der Waals surface area contributed by atoms with Gasteiger partial charge in [-0.05, 0) is 51.1 Å². The Morgan fingerprint density at radius 2 is 1.70 bits per heavy atom. The molecule has 3 fully saturated rings. The summed E-state index contributed by atoms with van der Waals surface area (Å²) in [6.45, 7) is 6.40. The summed E-state index contributed by atoms with van der Waals surface area (Å²) in [5.41, 5.74) is 0. The van der Waals surface area contributed by atoms with Crippen LogP contribution in [0.15, 0.2) is 0 Å². The number of carbonyl (C=O) groups is 1. The first-order valence-electron chi connectivity index (χ1n) is 8.55. The van der Waals surface area contributed by atoms with Gasteiger partial charge in [0.2, 0.25) is 5.91 Å². The number of nitrogens with one attached hydrogen (secondary N) is 1. The molecule has 0 radical (unpaired) electrons. The van der Waals surface area contributed by atoms with Crippen LogP contribution in [0, 0.1) is 5.92 Å². The van der Waals surface area contributed by atoms with Crippen LogP contribution in [0.1, 0.15) is 44.9 Å². The van der Waals surface area contributed by atoms with Crippen LogP contribution >= 0.6 is 0 Å². The van der Waals surface area contributed by atoms with Gasteiger partial charge in [0.25, 0.3) is 0 Å². The van der Waals surface area contributed by atoms with Crippen molar-refractivity contribution in [2.24, 2.45) is 5.92 Å². The molecule has 1 saturated carbocycles. The summed E-state index contributed by atoms with van der Waals surface area (Å²) in [5.74, 6) is 1.17. The number of carbonyl (C=O) groups excluding carboxylic acids is 1. The second-order valence-electron chi connectivity index (χ2n) is 6.73. The van der Waals surface area contributed by atoms with E-state index in [0.29, 0.717) is 5.91 Å². The van der Waals surface area contributed by atoms with Gasteiger partial charge in [0.1, 0.15) is 0 Å². The largest absolute Gasteiger partial charge is 0.340 e. The van der Waals surface area contributed by atoms with Crippen molar-refractivity contribution in [3.05, 3.63) is 0 Å². The van der Waals surface area contributed by atoms with E-state index in [4.69, 9.17) is 0 Å². The summed E-state index contributed by atoms with van der Waals surface area (Å²) >= 11 is 0. The number of piperazine rings is 1. The summed E-state index contributed by atoms with van der Waals surface area (Å²) < 4.78 is 0. The Labute approximate surface area is 122 Å². The van der Waals surface area contributed by atoms with E-state index in [0.717, 1.165) is 64.1 Å². The van der Waals surface area contributed by atoms with E-state index in [1.807, 2.05) is 0 Å². The van der Waals surface area contributed by atoms with Crippen LogP contribution in [0.2, 0.25) is 0 Å². The van der Waals surface area contributed by atoms with Crippen molar-refractivity contribution in [2.75, 3.05) is 39.3 Å². The molecular formula is C16H29N3O. The smallest absolute Gasteiger partial charge is 0.222 e. The number of hydrogen-bond acceptors (Lipinski definition) is 3. The summed E-state index contributed by atoms with van der Waals surface area (Å²) in [5, 5.41) is 3.39. The second kappa shape index (κ2) is 6.90. The van der Waals surface area contributed by atoms with E-state index in [1.54, 1.807) is 0 Å². The fraction of sp³-hybridized carbons (Fsp3) is 0.938. The van der Waals surface area contributed by atoms with Gasteiger partial charge in [-0.3, -0.25) is 9.69 Å². The fourth-order valence-corrected chi connectivity index (χ4v) is 3.74. The topological polar surface area (TPSA) is 35.6 Å². The Bertz CT molecular complexity index is 316. The highest BCUT2D eigenvalue weighted by Gasteiger charge is 2.29. The molecule has 2 aliphatic heterocycles. The molecule has 0 spiro atoms. The first-order chi connectivity index (χ1) is 9.83. The molecule has 4 nitrogen and oxygen atoms in total. The minimum Gasteiger partial charge on any atom is -0.340 e. The van der Waals surface area contributed by atoms with Gasteiger partial charge in [0, 0.05) is 38.6 Å². The van der Waals surface area contributed by atoms with Crippen LogP contribution in [0.5, 0.6) is 0 Å². The van der Waals surface area contributed by atoms with Gasteiger partial charge in [0.15, 0.2) is 0 Å². The second-order valence-corrected chi connectivity index (χ2v) is 6.73. The van der Waals surface area contributed by atoms with Gasteiger partial charge < -0.3 is 10.2 Å². The van der Waals surface area contributed by atoms with E-state index >= 15 is 0 Å². The molecule has 2 saturated heterocycles. The van der Waals surface area contributed by atoms with Crippen molar-refractivity contribution >= 4 is 5.91 Å². The zero-order valence-electron chi connectivity index (χ0n) is 12.6. The van der Waals surface area contributed by atoms with Crippen LogP contribution in [-0.4, -0.2) is 61.0 Å². The summed E-state index contributed by atoms with van der Waals surface area (Å²) in [6, 6.07) is 0.835. The number of nitrogens with zero attached hydrogens (tertiary/aromatic N) is 2. The SMILES string of the molecule is O=C(CCC1CCNCC1)N1CCN(C2CCC2)CC1. The van der Waals surface area contributed by atoms with Crippen LogP contribution in [0.25, 0.3) is 0 Å². The van der Waals surface area contributed by atoms with Crippen LogP contribution < -0.4 is 5.32 Å². The van der Waals surface area contributed by atoms with E-state index < -0.39 is 0 Å². The molecule has 4 heteroatoms. The summed E-state index contributed by atoms with van der Waals surface area (Å²) in [6.07, 6.45) is 8.54. The molecule has 114 valence electrons. The molecule has 20 heavy (non-hydrogen) atoms. The molecule has 0 unspecified atom stereocenters. The Balaban J connectivity index is 1.35. The minimum absolute atomic E-state index is 0.400. The lowest BCUT2D eigenvalue weighted by atomic mass is 9.91. The monoisotopic (exact) mass is 279 g/mol. The number of amides is 1. The van der Waals surface area contributed by atoms with Crippen molar-refractivity contribution in [3.8, 4) is 0 Å². The van der Waals surface area contributed by atoms with Crippen molar-refractivity contribution in [2.45, 2.75) is 51.0 Å². The highest BCUT2D eigenvalue weighted by Crippen LogP contribution is 2.26. The lowest BCUT2D eigenvalue weighted by Crippen LogP contribution is -2.53. The Kier molecular flexibility index (Phi) is 4.94. The molecule has 0 bridgehead atoms. The minimum atomic E-state index is 0.400. The van der Waals surface area contributed by atoms with Gasteiger partial charge in [-0.15, -0.1) is 0 Å². The Morgan fingerprint density at radius 3 is 2.30 bits per heavy atom. The third-order valence-corrected chi connectivity index (χ3v) is 5.48. The molecule has 3 rings (SSSR count). The molecule has 0 aromatic heterocycles. The van der Waals surface area contributed by atoms with Gasteiger partial charge >= 0.3 is 0 Å². The lowest BCUT2D eigenvalue weighted by molar-refractivity contribution is -0.133. The van der Waals surface area contributed by atoms with E-state index in [-0.39, 0.29) is 0 Å². The normalized spacial score (nSPS) is 26.5. The van der Waals surface area contributed by atoms with E-state index in [1.165, 1.54) is 32.1 Å². The van der Waals surface area contributed by atoms with Gasteiger partial charge in [-0.2, -0.15) is 0 Å². The van der Waals surface area contributed by atoms with Crippen LogP contribution in [0.4, 0.5) is 0 Å². The third kappa shape index (κ3) is 3.53. The van der Waals surface area contributed by atoms with Crippen LogP contribution in [0.3, 0.4) is 0 Å². The summed E-state index contributed by atoms with van der Waals surface area (Å²) in [7, 11) is 0. The zero-order chi connectivity index (χ0) is 13.8. The Morgan fingerprint density at radius 1 is 1.00 bits per heavy atom. The van der Waals surface area contributed by atoms with Crippen molar-refractivity contribution in [1.29, 1.82) is 0 Å². The van der Waals surface area contributed by atoms with Crippen molar-refractivity contribution in [1.82, 2.24) is 15.1 Å². The standard InChI is InChI=1S/C16H29N3O/c20-16(5-4-14-6-8-17-9-7-14)19-12-10-18(11-13-19)15-2-1-3-15/h14-15,17H,1-13H2. The molecule has 0 aromatic rings. The molecule has 2 heterocycles. The molecule has 1 amide bonds. The first-order valence-corrected chi connectivity index (χ1v) is 8.55. The molecule has 1 aliphatic carbocycles. The molecule has 3 aliphatic rings. The van der Waals surface area contributed by atoms with Crippen molar-refractivity contribution < 1.29 is 4.79 Å². The summed E-state index contributed by atoms with van der Waals surface area (Å²) in [4.78, 5) is 17.0. The number of hydrogen-bond donors (Lipinski definition) is 1. The van der Waals surface area contributed by atoms with Gasteiger partial charge in [0.05, 0.1) is 0 Å². The fourth-order valence-electron chi connectivity index (χ4n) is 3.74. The molecular weight excluding hydrogens is 250 g/mol. The maximum Gasteiger partial charge on any atom is 0.222 e.